The molecule has 0 unspecified atom stereocenters. The van der Waals surface area contributed by atoms with E-state index in [1.54, 1.807) is 0 Å². The number of aromatic nitrogens is 3. The molecule has 0 amide bonds. The number of rotatable bonds is 6. The average molecular weight is 245 g/mol. The van der Waals surface area contributed by atoms with Crippen LogP contribution < -0.4 is 0 Å². The number of aliphatic hydroxyl groups excluding tert-OH is 1. The fourth-order valence-electron chi connectivity index (χ4n) is 2.14. The zero-order chi connectivity index (χ0) is 12.8. The lowest BCUT2D eigenvalue weighted by atomic mass is 10.1. The third-order valence-corrected chi connectivity index (χ3v) is 3.08. The molecule has 2 rings (SSSR count). The molecule has 4 heteroatoms. The zero-order valence-electron chi connectivity index (χ0n) is 10.7. The molecule has 0 aliphatic carbocycles. The van der Waals surface area contributed by atoms with E-state index >= 15 is 0 Å². The molecule has 0 saturated heterocycles. The Hall–Kier alpha value is -1.68. The Labute approximate surface area is 107 Å². The van der Waals surface area contributed by atoms with Gasteiger partial charge in [0.1, 0.15) is 5.69 Å². The minimum atomic E-state index is -0.0259. The number of hydrogen-bond donors (Lipinski definition) is 1. The van der Waals surface area contributed by atoms with Gasteiger partial charge < -0.3 is 5.11 Å². The van der Waals surface area contributed by atoms with Crippen LogP contribution in [0.5, 0.6) is 0 Å². The fourth-order valence-corrected chi connectivity index (χ4v) is 2.14. The molecular formula is C14H19N3O. The normalized spacial score (nSPS) is 10.8. The quantitative estimate of drug-likeness (QED) is 0.846. The van der Waals surface area contributed by atoms with Gasteiger partial charge in [0.15, 0.2) is 0 Å². The molecule has 1 aromatic heterocycles. The zero-order valence-corrected chi connectivity index (χ0v) is 10.7. The van der Waals surface area contributed by atoms with Crippen molar-refractivity contribution < 1.29 is 5.11 Å². The monoisotopic (exact) mass is 245 g/mol. The summed E-state index contributed by atoms with van der Waals surface area (Å²) in [6.45, 7) is 2.89. The highest BCUT2D eigenvalue weighted by Crippen LogP contribution is 2.09. The second kappa shape index (κ2) is 6.31. The number of hydrogen-bond acceptors (Lipinski definition) is 3. The first-order valence-electron chi connectivity index (χ1n) is 6.41. The van der Waals surface area contributed by atoms with Crippen molar-refractivity contribution in [3.63, 3.8) is 0 Å². The maximum Gasteiger partial charge on any atom is 0.111 e. The maximum absolute atomic E-state index is 9.15. The van der Waals surface area contributed by atoms with E-state index in [4.69, 9.17) is 5.11 Å². The standard InChI is InChI=1S/C14H19N3O/c1-2-14-13(11-18)15-16-17(14)10-6-9-12-7-4-3-5-8-12/h3-5,7-8,18H,2,6,9-11H2,1H3. The highest BCUT2D eigenvalue weighted by Gasteiger charge is 2.09. The van der Waals surface area contributed by atoms with Crippen molar-refractivity contribution in [2.75, 3.05) is 0 Å². The first-order chi connectivity index (χ1) is 8.85. The molecule has 4 nitrogen and oxygen atoms in total. The molecule has 0 fully saturated rings. The summed E-state index contributed by atoms with van der Waals surface area (Å²) < 4.78 is 1.91. The van der Waals surface area contributed by atoms with E-state index in [0.29, 0.717) is 5.69 Å². The van der Waals surface area contributed by atoms with Gasteiger partial charge >= 0.3 is 0 Å². The van der Waals surface area contributed by atoms with Crippen molar-refractivity contribution in [1.82, 2.24) is 15.0 Å². The molecule has 0 spiro atoms. The van der Waals surface area contributed by atoms with Gasteiger partial charge in [-0.15, -0.1) is 5.10 Å². The van der Waals surface area contributed by atoms with E-state index < -0.39 is 0 Å². The Morgan fingerprint density at radius 3 is 2.67 bits per heavy atom. The Bertz CT molecular complexity index is 479. The van der Waals surface area contributed by atoms with Crippen LogP contribution in [0.15, 0.2) is 30.3 Å². The van der Waals surface area contributed by atoms with Crippen LogP contribution in [0, 0.1) is 0 Å². The predicted octanol–water partition coefficient (Wildman–Crippen LogP) is 1.97. The summed E-state index contributed by atoms with van der Waals surface area (Å²) >= 11 is 0. The lowest BCUT2D eigenvalue weighted by Gasteiger charge is -2.05. The Balaban J connectivity index is 1.92. The fraction of sp³-hybridized carbons (Fsp3) is 0.429. The first kappa shape index (κ1) is 12.8. The van der Waals surface area contributed by atoms with Crippen molar-refractivity contribution in [2.24, 2.45) is 0 Å². The predicted molar refractivity (Wildman–Crippen MR) is 70.1 cm³/mol. The van der Waals surface area contributed by atoms with Crippen molar-refractivity contribution >= 4 is 0 Å². The molecule has 1 heterocycles. The van der Waals surface area contributed by atoms with Crippen LogP contribution in [0.4, 0.5) is 0 Å². The number of benzene rings is 1. The van der Waals surface area contributed by atoms with Crippen LogP contribution in [0.2, 0.25) is 0 Å². The molecular weight excluding hydrogens is 226 g/mol. The SMILES string of the molecule is CCc1c(CO)nnn1CCCc1ccccc1. The Morgan fingerprint density at radius 1 is 1.22 bits per heavy atom. The Kier molecular flexibility index (Phi) is 4.47. The van der Waals surface area contributed by atoms with E-state index in [1.807, 2.05) is 10.7 Å². The summed E-state index contributed by atoms with van der Waals surface area (Å²) in [5.41, 5.74) is 3.10. The molecule has 18 heavy (non-hydrogen) atoms. The summed E-state index contributed by atoms with van der Waals surface area (Å²) in [4.78, 5) is 0. The van der Waals surface area contributed by atoms with Crippen LogP contribution in [-0.2, 0) is 26.0 Å². The van der Waals surface area contributed by atoms with Crippen molar-refractivity contribution in [3.8, 4) is 0 Å². The second-order valence-corrected chi connectivity index (χ2v) is 4.31. The van der Waals surface area contributed by atoms with Crippen LogP contribution in [0.25, 0.3) is 0 Å². The smallest absolute Gasteiger partial charge is 0.111 e. The van der Waals surface area contributed by atoms with Crippen molar-refractivity contribution in [3.05, 3.63) is 47.3 Å². The van der Waals surface area contributed by atoms with Gasteiger partial charge in [-0.2, -0.15) is 0 Å². The van der Waals surface area contributed by atoms with Crippen molar-refractivity contribution in [1.29, 1.82) is 0 Å². The van der Waals surface area contributed by atoms with E-state index in [0.717, 1.165) is 31.5 Å². The summed E-state index contributed by atoms with van der Waals surface area (Å²) in [6, 6.07) is 10.4. The van der Waals surface area contributed by atoms with Crippen LogP contribution >= 0.6 is 0 Å². The maximum atomic E-state index is 9.15. The van der Waals surface area contributed by atoms with Gasteiger partial charge in [-0.05, 0) is 24.8 Å². The van der Waals surface area contributed by atoms with Gasteiger partial charge in [-0.25, -0.2) is 4.68 Å². The molecule has 0 aliphatic heterocycles. The third-order valence-electron chi connectivity index (χ3n) is 3.08. The van der Waals surface area contributed by atoms with Gasteiger partial charge in [-0.1, -0.05) is 42.5 Å². The first-order valence-corrected chi connectivity index (χ1v) is 6.41. The summed E-state index contributed by atoms with van der Waals surface area (Å²) in [6.07, 6.45) is 2.93. The largest absolute Gasteiger partial charge is 0.390 e. The van der Waals surface area contributed by atoms with Gasteiger partial charge in [0.25, 0.3) is 0 Å². The molecule has 0 radical (unpaired) electrons. The minimum Gasteiger partial charge on any atom is -0.390 e. The highest BCUT2D eigenvalue weighted by atomic mass is 16.3. The molecule has 1 aromatic carbocycles. The number of nitrogens with zero attached hydrogens (tertiary/aromatic N) is 3. The van der Waals surface area contributed by atoms with Gasteiger partial charge in [-0.3, -0.25) is 0 Å². The minimum absolute atomic E-state index is 0.0259. The van der Waals surface area contributed by atoms with Crippen LogP contribution in [-0.4, -0.2) is 20.1 Å². The van der Waals surface area contributed by atoms with E-state index in [9.17, 15) is 0 Å². The second-order valence-electron chi connectivity index (χ2n) is 4.31. The van der Waals surface area contributed by atoms with Gasteiger partial charge in [0.05, 0.1) is 12.3 Å². The van der Waals surface area contributed by atoms with E-state index in [1.165, 1.54) is 5.56 Å². The summed E-state index contributed by atoms with van der Waals surface area (Å²) in [5.74, 6) is 0. The van der Waals surface area contributed by atoms with E-state index in [2.05, 4.69) is 41.5 Å². The molecule has 0 saturated carbocycles. The Morgan fingerprint density at radius 2 is 2.00 bits per heavy atom. The number of aryl methyl sites for hydroxylation is 2. The lowest BCUT2D eigenvalue weighted by molar-refractivity contribution is 0.275. The molecule has 0 atom stereocenters. The van der Waals surface area contributed by atoms with Crippen molar-refractivity contribution in [2.45, 2.75) is 39.3 Å². The van der Waals surface area contributed by atoms with Gasteiger partial charge in [0, 0.05) is 6.54 Å². The average Bonchev–Trinajstić information content (AvgIpc) is 2.82. The molecule has 0 bridgehead atoms. The lowest BCUT2D eigenvalue weighted by Crippen LogP contribution is -2.06. The van der Waals surface area contributed by atoms with Gasteiger partial charge in [0.2, 0.25) is 0 Å². The van der Waals surface area contributed by atoms with Crippen LogP contribution in [0.3, 0.4) is 0 Å². The summed E-state index contributed by atoms with van der Waals surface area (Å²) in [7, 11) is 0. The summed E-state index contributed by atoms with van der Waals surface area (Å²) in [5, 5.41) is 17.2. The number of aliphatic hydroxyl groups is 1. The van der Waals surface area contributed by atoms with Crippen LogP contribution in [0.1, 0.15) is 30.3 Å². The topological polar surface area (TPSA) is 50.9 Å². The molecule has 1 N–H and O–H groups in total. The third kappa shape index (κ3) is 2.96. The van der Waals surface area contributed by atoms with E-state index in [-0.39, 0.29) is 6.61 Å². The molecule has 96 valence electrons. The molecule has 0 aliphatic rings. The molecule has 2 aromatic rings. The highest BCUT2D eigenvalue weighted by molar-refractivity contribution is 5.14.